The highest BCUT2D eigenvalue weighted by Crippen LogP contribution is 2.30. The van der Waals surface area contributed by atoms with Gasteiger partial charge in [0.15, 0.2) is 0 Å². The summed E-state index contributed by atoms with van der Waals surface area (Å²) in [5, 5.41) is 14.2. The first kappa shape index (κ1) is 17.7. The Hall–Kier alpha value is -2.31. The molecule has 1 aromatic carbocycles. The van der Waals surface area contributed by atoms with Crippen molar-refractivity contribution in [3.63, 3.8) is 0 Å². The van der Waals surface area contributed by atoms with Gasteiger partial charge >= 0.3 is 6.09 Å². The number of benzene rings is 1. The van der Waals surface area contributed by atoms with Crippen molar-refractivity contribution in [1.82, 2.24) is 0 Å². The van der Waals surface area contributed by atoms with Crippen LogP contribution in [-0.2, 0) is 4.74 Å². The number of hydrogen-bond acceptors (Lipinski definition) is 5. The minimum Gasteiger partial charge on any atom is -0.443 e. The molecule has 7 heteroatoms. The summed E-state index contributed by atoms with van der Waals surface area (Å²) in [5.41, 5.74) is 0.150. The number of rotatable bonds is 5. The second-order valence-corrected chi connectivity index (χ2v) is 5.92. The molecule has 1 amide bonds. The normalized spacial score (nSPS) is 11.0. The SMILES string of the molecule is CCCNc1ccc(N(C)C(=O)OC(C)(C)C)cc1[N+](=O)[O-]. The molecule has 22 heavy (non-hydrogen) atoms. The smallest absolute Gasteiger partial charge is 0.414 e. The topological polar surface area (TPSA) is 84.7 Å². The van der Waals surface area contributed by atoms with Gasteiger partial charge in [-0.15, -0.1) is 0 Å². The molecule has 122 valence electrons. The van der Waals surface area contributed by atoms with Gasteiger partial charge in [-0.25, -0.2) is 4.79 Å². The van der Waals surface area contributed by atoms with E-state index in [1.165, 1.54) is 18.0 Å². The third-order valence-corrected chi connectivity index (χ3v) is 2.80. The van der Waals surface area contributed by atoms with Crippen molar-refractivity contribution in [2.45, 2.75) is 39.7 Å². The summed E-state index contributed by atoms with van der Waals surface area (Å²) in [5.74, 6) is 0. The number of carbonyl (C=O) groups is 1. The number of anilines is 2. The Bertz CT molecular complexity index is 552. The average Bonchev–Trinajstić information content (AvgIpc) is 2.42. The van der Waals surface area contributed by atoms with E-state index in [1.807, 2.05) is 6.92 Å². The fourth-order valence-electron chi connectivity index (χ4n) is 1.72. The van der Waals surface area contributed by atoms with Crippen LogP contribution in [0, 0.1) is 10.1 Å². The minimum atomic E-state index is -0.625. The van der Waals surface area contributed by atoms with E-state index < -0.39 is 16.6 Å². The van der Waals surface area contributed by atoms with E-state index in [9.17, 15) is 14.9 Å². The molecule has 0 aliphatic carbocycles. The Balaban J connectivity index is 3.03. The lowest BCUT2D eigenvalue weighted by Gasteiger charge is -2.24. The number of ether oxygens (including phenoxy) is 1. The fourth-order valence-corrected chi connectivity index (χ4v) is 1.72. The van der Waals surface area contributed by atoms with Gasteiger partial charge < -0.3 is 10.1 Å². The molecule has 0 atom stereocenters. The van der Waals surface area contributed by atoms with Crippen LogP contribution < -0.4 is 10.2 Å². The van der Waals surface area contributed by atoms with Gasteiger partial charge in [-0.2, -0.15) is 0 Å². The van der Waals surface area contributed by atoms with Crippen LogP contribution in [0.1, 0.15) is 34.1 Å². The van der Waals surface area contributed by atoms with Crippen molar-refractivity contribution in [2.24, 2.45) is 0 Å². The summed E-state index contributed by atoms with van der Waals surface area (Å²) < 4.78 is 5.25. The molecule has 0 unspecified atom stereocenters. The van der Waals surface area contributed by atoms with E-state index in [-0.39, 0.29) is 5.69 Å². The van der Waals surface area contributed by atoms with Crippen molar-refractivity contribution in [2.75, 3.05) is 23.8 Å². The van der Waals surface area contributed by atoms with Gasteiger partial charge in [0.2, 0.25) is 0 Å². The fraction of sp³-hybridized carbons (Fsp3) is 0.533. The van der Waals surface area contributed by atoms with E-state index in [1.54, 1.807) is 32.9 Å². The van der Waals surface area contributed by atoms with E-state index >= 15 is 0 Å². The molecule has 0 bridgehead atoms. The zero-order valence-electron chi connectivity index (χ0n) is 13.7. The van der Waals surface area contributed by atoms with Crippen LogP contribution >= 0.6 is 0 Å². The molecule has 0 saturated carbocycles. The Morgan fingerprint density at radius 3 is 2.55 bits per heavy atom. The third kappa shape index (κ3) is 4.91. The van der Waals surface area contributed by atoms with Crippen molar-refractivity contribution in [3.05, 3.63) is 28.3 Å². The maximum atomic E-state index is 12.0. The van der Waals surface area contributed by atoms with Crippen LogP contribution in [0.3, 0.4) is 0 Å². The monoisotopic (exact) mass is 309 g/mol. The molecule has 0 radical (unpaired) electrons. The quantitative estimate of drug-likeness (QED) is 0.660. The predicted octanol–water partition coefficient (Wildman–Crippen LogP) is 3.79. The van der Waals surface area contributed by atoms with E-state index in [2.05, 4.69) is 5.32 Å². The predicted molar refractivity (Wildman–Crippen MR) is 86.5 cm³/mol. The van der Waals surface area contributed by atoms with Gasteiger partial charge in [0.05, 0.1) is 10.6 Å². The van der Waals surface area contributed by atoms with Crippen LogP contribution in [0.5, 0.6) is 0 Å². The van der Waals surface area contributed by atoms with Crippen LogP contribution in [0.15, 0.2) is 18.2 Å². The highest BCUT2D eigenvalue weighted by molar-refractivity contribution is 5.88. The molecule has 1 aromatic rings. The molecule has 1 N–H and O–H groups in total. The number of nitrogens with zero attached hydrogens (tertiary/aromatic N) is 2. The summed E-state index contributed by atoms with van der Waals surface area (Å²) in [4.78, 5) is 24.0. The van der Waals surface area contributed by atoms with E-state index in [4.69, 9.17) is 4.74 Å². The second kappa shape index (κ2) is 7.11. The molecule has 0 aromatic heterocycles. The molecule has 0 heterocycles. The van der Waals surface area contributed by atoms with Gasteiger partial charge in [0.1, 0.15) is 11.3 Å². The van der Waals surface area contributed by atoms with E-state index in [0.717, 1.165) is 6.42 Å². The number of nitro benzene ring substituents is 1. The molecule has 0 spiro atoms. The van der Waals surface area contributed by atoms with Gasteiger partial charge in [-0.1, -0.05) is 6.92 Å². The molecule has 0 aliphatic heterocycles. The second-order valence-electron chi connectivity index (χ2n) is 5.92. The molecule has 0 aliphatic rings. The number of hydrogen-bond donors (Lipinski definition) is 1. The van der Waals surface area contributed by atoms with Crippen molar-refractivity contribution < 1.29 is 14.5 Å². The first-order valence-corrected chi connectivity index (χ1v) is 7.14. The summed E-state index contributed by atoms with van der Waals surface area (Å²) in [6.07, 6.45) is 0.299. The van der Waals surface area contributed by atoms with Crippen LogP contribution in [-0.4, -0.2) is 30.2 Å². The first-order valence-electron chi connectivity index (χ1n) is 7.14. The zero-order valence-corrected chi connectivity index (χ0v) is 13.7. The zero-order chi connectivity index (χ0) is 16.9. The minimum absolute atomic E-state index is 0.0682. The highest BCUT2D eigenvalue weighted by atomic mass is 16.6. The highest BCUT2D eigenvalue weighted by Gasteiger charge is 2.23. The summed E-state index contributed by atoms with van der Waals surface area (Å²) in [6, 6.07) is 4.61. The largest absolute Gasteiger partial charge is 0.443 e. The number of carbonyl (C=O) groups excluding carboxylic acids is 1. The first-order chi connectivity index (χ1) is 10.2. The number of nitrogens with one attached hydrogen (secondary N) is 1. The summed E-state index contributed by atoms with van der Waals surface area (Å²) >= 11 is 0. The molecular weight excluding hydrogens is 286 g/mol. The Morgan fingerprint density at radius 1 is 1.41 bits per heavy atom. The molecule has 1 rings (SSSR count). The number of nitro groups is 1. The molecular formula is C15H23N3O4. The lowest BCUT2D eigenvalue weighted by Crippen LogP contribution is -2.34. The molecule has 0 saturated heterocycles. The van der Waals surface area contributed by atoms with Crippen LogP contribution in [0.25, 0.3) is 0 Å². The van der Waals surface area contributed by atoms with Gasteiger partial charge in [-0.05, 0) is 39.3 Å². The third-order valence-electron chi connectivity index (χ3n) is 2.80. The standard InChI is InChI=1S/C15H23N3O4/c1-6-9-16-12-8-7-11(10-13(12)18(20)21)17(5)14(19)22-15(2,3)4/h7-8,10,16H,6,9H2,1-5H3. The van der Waals surface area contributed by atoms with Gasteiger partial charge in [0.25, 0.3) is 5.69 Å². The Kier molecular flexibility index (Phi) is 5.73. The molecule has 0 fully saturated rings. The molecule has 7 nitrogen and oxygen atoms in total. The lowest BCUT2D eigenvalue weighted by atomic mass is 10.2. The van der Waals surface area contributed by atoms with Crippen LogP contribution in [0.4, 0.5) is 21.9 Å². The number of amides is 1. The maximum absolute atomic E-state index is 12.0. The van der Waals surface area contributed by atoms with E-state index in [0.29, 0.717) is 17.9 Å². The lowest BCUT2D eigenvalue weighted by molar-refractivity contribution is -0.383. The van der Waals surface area contributed by atoms with Crippen LogP contribution in [0.2, 0.25) is 0 Å². The van der Waals surface area contributed by atoms with Crippen molar-refractivity contribution >= 4 is 23.2 Å². The Morgan fingerprint density at radius 2 is 2.05 bits per heavy atom. The van der Waals surface area contributed by atoms with Gasteiger partial charge in [-0.3, -0.25) is 15.0 Å². The Labute approximate surface area is 130 Å². The van der Waals surface area contributed by atoms with Crippen molar-refractivity contribution in [1.29, 1.82) is 0 Å². The summed E-state index contributed by atoms with van der Waals surface area (Å²) in [7, 11) is 1.52. The maximum Gasteiger partial charge on any atom is 0.414 e. The van der Waals surface area contributed by atoms with Gasteiger partial charge in [0, 0.05) is 19.7 Å². The van der Waals surface area contributed by atoms with Crippen molar-refractivity contribution in [3.8, 4) is 0 Å². The average molecular weight is 309 g/mol. The summed E-state index contributed by atoms with van der Waals surface area (Å²) in [6.45, 7) is 7.91.